The van der Waals surface area contributed by atoms with Crippen molar-refractivity contribution in [1.82, 2.24) is 4.98 Å². The quantitative estimate of drug-likeness (QED) is 0.807. The summed E-state index contributed by atoms with van der Waals surface area (Å²) in [5.74, 6) is -3.21. The van der Waals surface area contributed by atoms with Gasteiger partial charge in [-0.25, -0.2) is 8.78 Å². The molecule has 1 aromatic heterocycles. The first-order valence-corrected chi connectivity index (χ1v) is 5.20. The smallest absolute Gasteiger partial charge is 0.251 e. The summed E-state index contributed by atoms with van der Waals surface area (Å²) in [5, 5.41) is 2.82. The zero-order valence-electron chi connectivity index (χ0n) is 9.15. The lowest BCUT2D eigenvalue weighted by atomic mass is 9.99. The van der Waals surface area contributed by atoms with E-state index in [4.69, 9.17) is 0 Å². The van der Waals surface area contributed by atoms with E-state index in [0.29, 0.717) is 12.0 Å². The summed E-state index contributed by atoms with van der Waals surface area (Å²) in [6.45, 7) is 3.79. The molecule has 1 saturated carbocycles. The van der Waals surface area contributed by atoms with Crippen LogP contribution in [0.25, 0.3) is 0 Å². The van der Waals surface area contributed by atoms with Gasteiger partial charge in [0.1, 0.15) is 0 Å². The summed E-state index contributed by atoms with van der Waals surface area (Å²) in [6, 6.07) is 0.508. The lowest BCUT2D eigenvalue weighted by molar-refractivity contribution is 0.453. The van der Waals surface area contributed by atoms with Crippen LogP contribution in [0.3, 0.4) is 0 Å². The Balaban J connectivity index is 2.23. The van der Waals surface area contributed by atoms with Crippen molar-refractivity contribution < 1.29 is 13.2 Å². The highest BCUT2D eigenvalue weighted by Gasteiger charge is 2.38. The van der Waals surface area contributed by atoms with Crippen molar-refractivity contribution in [2.24, 2.45) is 5.92 Å². The first-order valence-electron chi connectivity index (χ1n) is 5.20. The summed E-state index contributed by atoms with van der Waals surface area (Å²) in [5.41, 5.74) is -0.349. The SMILES string of the molecule is CC(C)(Nc1nc(F)c(F)cc1F)C1CC1. The minimum atomic E-state index is -1.28. The molecule has 0 aromatic carbocycles. The predicted octanol–water partition coefficient (Wildman–Crippen LogP) is 3.10. The third-order valence-electron chi connectivity index (χ3n) is 2.93. The van der Waals surface area contributed by atoms with Crippen molar-refractivity contribution in [3.05, 3.63) is 23.6 Å². The number of anilines is 1. The van der Waals surface area contributed by atoms with Crippen molar-refractivity contribution in [3.63, 3.8) is 0 Å². The van der Waals surface area contributed by atoms with Crippen LogP contribution in [-0.4, -0.2) is 10.5 Å². The van der Waals surface area contributed by atoms with Gasteiger partial charge in [0.05, 0.1) is 0 Å². The lowest BCUT2D eigenvalue weighted by Gasteiger charge is -2.26. The molecule has 88 valence electrons. The number of halogens is 3. The second-order valence-electron chi connectivity index (χ2n) is 4.71. The Hall–Kier alpha value is -1.26. The predicted molar refractivity (Wildman–Crippen MR) is 54.5 cm³/mol. The van der Waals surface area contributed by atoms with E-state index < -0.39 is 17.6 Å². The van der Waals surface area contributed by atoms with E-state index in [2.05, 4.69) is 10.3 Å². The van der Waals surface area contributed by atoms with Gasteiger partial charge >= 0.3 is 0 Å². The molecule has 0 saturated heterocycles. The molecule has 1 N–H and O–H groups in total. The van der Waals surface area contributed by atoms with Crippen molar-refractivity contribution in [2.75, 3.05) is 5.32 Å². The van der Waals surface area contributed by atoms with Gasteiger partial charge in [-0.1, -0.05) is 0 Å². The molecular formula is C11H13F3N2. The minimum Gasteiger partial charge on any atom is -0.362 e. The summed E-state index contributed by atoms with van der Waals surface area (Å²) in [4.78, 5) is 3.24. The fourth-order valence-corrected chi connectivity index (χ4v) is 1.74. The van der Waals surface area contributed by atoms with Crippen LogP contribution >= 0.6 is 0 Å². The van der Waals surface area contributed by atoms with Crippen molar-refractivity contribution in [3.8, 4) is 0 Å². The third-order valence-corrected chi connectivity index (χ3v) is 2.93. The molecule has 0 radical (unpaired) electrons. The zero-order valence-corrected chi connectivity index (χ0v) is 9.15. The number of nitrogens with zero attached hydrogens (tertiary/aromatic N) is 1. The van der Waals surface area contributed by atoms with E-state index >= 15 is 0 Å². The van der Waals surface area contributed by atoms with E-state index in [9.17, 15) is 13.2 Å². The molecule has 2 rings (SSSR count). The van der Waals surface area contributed by atoms with Gasteiger partial charge in [0.25, 0.3) is 5.95 Å². The number of nitrogens with one attached hydrogen (secondary N) is 1. The Morgan fingerprint density at radius 3 is 2.44 bits per heavy atom. The third kappa shape index (κ3) is 2.13. The van der Waals surface area contributed by atoms with Crippen LogP contribution in [0.1, 0.15) is 26.7 Å². The van der Waals surface area contributed by atoms with Crippen LogP contribution in [0.2, 0.25) is 0 Å². The van der Waals surface area contributed by atoms with E-state index in [0.717, 1.165) is 12.8 Å². The van der Waals surface area contributed by atoms with Crippen molar-refractivity contribution in [2.45, 2.75) is 32.2 Å². The topological polar surface area (TPSA) is 24.9 Å². The fraction of sp³-hybridized carbons (Fsp3) is 0.545. The lowest BCUT2D eigenvalue weighted by Crippen LogP contribution is -2.34. The second-order valence-corrected chi connectivity index (χ2v) is 4.71. The van der Waals surface area contributed by atoms with Crippen LogP contribution in [0.4, 0.5) is 19.0 Å². The highest BCUT2D eigenvalue weighted by atomic mass is 19.2. The highest BCUT2D eigenvalue weighted by molar-refractivity contribution is 5.39. The van der Waals surface area contributed by atoms with Crippen molar-refractivity contribution >= 4 is 5.82 Å². The fourth-order valence-electron chi connectivity index (χ4n) is 1.74. The van der Waals surface area contributed by atoms with Crippen LogP contribution in [-0.2, 0) is 0 Å². The maximum atomic E-state index is 13.3. The number of aromatic nitrogens is 1. The molecule has 1 aliphatic carbocycles. The van der Waals surface area contributed by atoms with E-state index in [1.165, 1.54) is 0 Å². The Morgan fingerprint density at radius 2 is 1.88 bits per heavy atom. The molecule has 0 bridgehead atoms. The van der Waals surface area contributed by atoms with Crippen LogP contribution in [0, 0.1) is 23.5 Å². The van der Waals surface area contributed by atoms with E-state index in [1.54, 1.807) is 0 Å². The standard InChI is InChI=1S/C11H13F3N2/c1-11(2,6-3-4-6)16-10-8(13)5-7(12)9(14)15-10/h5-6H,3-4H2,1-2H3,(H,15,16). The van der Waals surface area contributed by atoms with Crippen LogP contribution in [0.5, 0.6) is 0 Å². The summed E-state index contributed by atoms with van der Waals surface area (Å²) < 4.78 is 38.8. The number of hydrogen-bond acceptors (Lipinski definition) is 2. The second kappa shape index (κ2) is 3.64. The maximum Gasteiger partial charge on any atom is 0.251 e. The Labute approximate surface area is 91.9 Å². The first-order chi connectivity index (χ1) is 7.40. The molecular weight excluding hydrogens is 217 g/mol. The van der Waals surface area contributed by atoms with Crippen LogP contribution in [0.15, 0.2) is 6.07 Å². The molecule has 1 heterocycles. The molecule has 0 atom stereocenters. The number of pyridine rings is 1. The monoisotopic (exact) mass is 230 g/mol. The molecule has 2 nitrogen and oxygen atoms in total. The molecule has 1 fully saturated rings. The normalized spacial score (nSPS) is 16.3. The van der Waals surface area contributed by atoms with Gasteiger partial charge in [0.2, 0.25) is 0 Å². The van der Waals surface area contributed by atoms with E-state index in [1.807, 2.05) is 13.8 Å². The molecule has 0 spiro atoms. The first kappa shape index (κ1) is 11.2. The summed E-state index contributed by atoms with van der Waals surface area (Å²) in [7, 11) is 0. The van der Waals surface area contributed by atoms with E-state index in [-0.39, 0.29) is 11.4 Å². The zero-order chi connectivity index (χ0) is 11.9. The molecule has 1 aromatic rings. The molecule has 5 heteroatoms. The van der Waals surface area contributed by atoms with Gasteiger partial charge in [-0.05, 0) is 32.6 Å². The maximum absolute atomic E-state index is 13.3. The van der Waals surface area contributed by atoms with Gasteiger partial charge in [-0.3, -0.25) is 0 Å². The van der Waals surface area contributed by atoms with Gasteiger partial charge in [0, 0.05) is 11.6 Å². The summed E-state index contributed by atoms with van der Waals surface area (Å²) in [6.07, 6.45) is 2.12. The van der Waals surface area contributed by atoms with Gasteiger partial charge < -0.3 is 5.32 Å². The van der Waals surface area contributed by atoms with Gasteiger partial charge in [-0.15, -0.1) is 0 Å². The number of rotatable bonds is 3. The number of hydrogen-bond donors (Lipinski definition) is 1. The Kier molecular flexibility index (Phi) is 2.56. The molecule has 0 unspecified atom stereocenters. The Bertz CT molecular complexity index is 414. The van der Waals surface area contributed by atoms with Gasteiger partial charge in [0.15, 0.2) is 17.5 Å². The molecule has 0 amide bonds. The molecule has 16 heavy (non-hydrogen) atoms. The molecule has 0 aliphatic heterocycles. The summed E-state index contributed by atoms with van der Waals surface area (Å²) >= 11 is 0. The highest BCUT2D eigenvalue weighted by Crippen LogP contribution is 2.41. The van der Waals surface area contributed by atoms with Crippen LogP contribution < -0.4 is 5.32 Å². The largest absolute Gasteiger partial charge is 0.362 e. The van der Waals surface area contributed by atoms with Gasteiger partial charge in [-0.2, -0.15) is 9.37 Å². The average molecular weight is 230 g/mol. The Morgan fingerprint density at radius 1 is 1.25 bits per heavy atom. The average Bonchev–Trinajstić information content (AvgIpc) is 2.96. The molecule has 1 aliphatic rings. The van der Waals surface area contributed by atoms with Crippen molar-refractivity contribution in [1.29, 1.82) is 0 Å². The minimum absolute atomic E-state index is 0.226.